The van der Waals surface area contributed by atoms with Gasteiger partial charge in [0.1, 0.15) is 5.75 Å². The van der Waals surface area contributed by atoms with Crippen molar-refractivity contribution in [3.63, 3.8) is 0 Å². The van der Waals surface area contributed by atoms with Crippen molar-refractivity contribution in [2.45, 2.75) is 0 Å². The number of carbonyl (C=O) groups excluding carboxylic acids is 1. The maximum absolute atomic E-state index is 11.6. The molecule has 0 spiro atoms. The molecule has 0 aliphatic heterocycles. The lowest BCUT2D eigenvalue weighted by Gasteiger charge is -1.99. The predicted molar refractivity (Wildman–Crippen MR) is 74.9 cm³/mol. The zero-order valence-corrected chi connectivity index (χ0v) is 10.5. The fraction of sp³-hybridized carbons (Fsp3) is 0.0625. The minimum absolute atomic E-state index is 0.331. The van der Waals surface area contributed by atoms with Crippen LogP contribution in [0, 0.1) is 11.8 Å². The Hall–Kier alpha value is -2.73. The molecule has 0 aliphatic rings. The van der Waals surface area contributed by atoms with E-state index in [4.69, 9.17) is 4.74 Å². The van der Waals surface area contributed by atoms with E-state index in [1.807, 2.05) is 42.5 Å². The van der Waals surface area contributed by atoms with Gasteiger partial charge in [-0.15, -0.1) is 0 Å². The largest absolute Gasteiger partial charge is 0.497 e. The van der Waals surface area contributed by atoms with Crippen molar-refractivity contribution in [2.75, 3.05) is 12.4 Å². The molecular formula is C16H13NO2. The number of nitrogens with one attached hydrogen (secondary N) is 1. The van der Waals surface area contributed by atoms with Crippen LogP contribution in [0.15, 0.2) is 54.6 Å². The van der Waals surface area contributed by atoms with Crippen LogP contribution < -0.4 is 10.1 Å². The predicted octanol–water partition coefficient (Wildman–Crippen LogP) is 2.69. The van der Waals surface area contributed by atoms with Crippen LogP contribution in [0.4, 0.5) is 5.69 Å². The van der Waals surface area contributed by atoms with Gasteiger partial charge in [0.2, 0.25) is 0 Å². The molecule has 0 aromatic heterocycles. The molecule has 2 rings (SSSR count). The van der Waals surface area contributed by atoms with Gasteiger partial charge in [-0.2, -0.15) is 0 Å². The average Bonchev–Trinajstić information content (AvgIpc) is 2.47. The summed E-state index contributed by atoms with van der Waals surface area (Å²) in [4.78, 5) is 11.6. The summed E-state index contributed by atoms with van der Waals surface area (Å²) in [5, 5.41) is 2.70. The van der Waals surface area contributed by atoms with Crippen LogP contribution in [0.2, 0.25) is 0 Å². The number of hydrogen-bond acceptors (Lipinski definition) is 2. The van der Waals surface area contributed by atoms with E-state index in [2.05, 4.69) is 17.2 Å². The molecular weight excluding hydrogens is 238 g/mol. The highest BCUT2D eigenvalue weighted by molar-refractivity contribution is 6.04. The minimum atomic E-state index is -0.331. The number of amides is 1. The molecule has 19 heavy (non-hydrogen) atoms. The highest BCUT2D eigenvalue weighted by Crippen LogP contribution is 2.10. The Morgan fingerprint density at radius 2 is 1.74 bits per heavy atom. The number of ether oxygens (including phenoxy) is 1. The van der Waals surface area contributed by atoms with Crippen molar-refractivity contribution in [3.8, 4) is 17.6 Å². The zero-order chi connectivity index (χ0) is 13.5. The lowest BCUT2D eigenvalue weighted by molar-refractivity contribution is -0.111. The van der Waals surface area contributed by atoms with Crippen LogP contribution in [0.3, 0.4) is 0 Å². The molecule has 1 N–H and O–H groups in total. The summed E-state index contributed by atoms with van der Waals surface area (Å²) in [7, 11) is 1.61. The van der Waals surface area contributed by atoms with Crippen LogP contribution in [0.5, 0.6) is 5.75 Å². The van der Waals surface area contributed by atoms with Gasteiger partial charge in [-0.3, -0.25) is 4.79 Å². The van der Waals surface area contributed by atoms with Gasteiger partial charge in [0.05, 0.1) is 7.11 Å². The van der Waals surface area contributed by atoms with E-state index < -0.39 is 0 Å². The first kappa shape index (κ1) is 12.7. The van der Waals surface area contributed by atoms with E-state index in [0.29, 0.717) is 0 Å². The van der Waals surface area contributed by atoms with E-state index >= 15 is 0 Å². The lowest BCUT2D eigenvalue weighted by Crippen LogP contribution is -2.08. The SMILES string of the molecule is COc1ccc(C#CC(=O)Nc2ccccc2)cc1. The number of rotatable bonds is 2. The zero-order valence-electron chi connectivity index (χ0n) is 10.5. The molecule has 0 unspecified atom stereocenters. The summed E-state index contributed by atoms with van der Waals surface area (Å²) < 4.78 is 5.05. The molecule has 0 saturated carbocycles. The van der Waals surface area contributed by atoms with Gasteiger partial charge in [-0.05, 0) is 36.4 Å². The third-order valence-corrected chi connectivity index (χ3v) is 2.44. The van der Waals surface area contributed by atoms with Crippen LogP contribution in [0.25, 0.3) is 0 Å². The van der Waals surface area contributed by atoms with Gasteiger partial charge >= 0.3 is 5.91 Å². The molecule has 0 atom stereocenters. The number of para-hydroxylation sites is 1. The molecule has 1 amide bonds. The van der Waals surface area contributed by atoms with Crippen molar-refractivity contribution in [1.82, 2.24) is 0 Å². The quantitative estimate of drug-likeness (QED) is 0.833. The Morgan fingerprint density at radius 1 is 1.05 bits per heavy atom. The Balaban J connectivity index is 2.00. The number of carbonyl (C=O) groups is 1. The third kappa shape index (κ3) is 3.90. The van der Waals surface area contributed by atoms with Crippen molar-refractivity contribution in [3.05, 3.63) is 60.2 Å². The van der Waals surface area contributed by atoms with E-state index in [-0.39, 0.29) is 5.91 Å². The molecule has 0 fully saturated rings. The van der Waals surface area contributed by atoms with Crippen LogP contribution in [-0.4, -0.2) is 13.0 Å². The Morgan fingerprint density at radius 3 is 2.37 bits per heavy atom. The van der Waals surface area contributed by atoms with Gasteiger partial charge < -0.3 is 10.1 Å². The van der Waals surface area contributed by atoms with Crippen LogP contribution in [-0.2, 0) is 4.79 Å². The average molecular weight is 251 g/mol. The van der Waals surface area contributed by atoms with Gasteiger partial charge in [-0.25, -0.2) is 0 Å². The van der Waals surface area contributed by atoms with E-state index in [9.17, 15) is 4.79 Å². The van der Waals surface area contributed by atoms with Crippen molar-refractivity contribution in [2.24, 2.45) is 0 Å². The molecule has 0 heterocycles. The molecule has 3 nitrogen and oxygen atoms in total. The van der Waals surface area contributed by atoms with E-state index in [1.54, 1.807) is 19.2 Å². The summed E-state index contributed by atoms with van der Waals surface area (Å²) in [5.74, 6) is 5.77. The first-order valence-corrected chi connectivity index (χ1v) is 5.80. The monoisotopic (exact) mass is 251 g/mol. The Labute approximate surface area is 112 Å². The van der Waals surface area contributed by atoms with Gasteiger partial charge in [0.25, 0.3) is 0 Å². The lowest BCUT2D eigenvalue weighted by atomic mass is 10.2. The molecule has 0 bridgehead atoms. The molecule has 3 heteroatoms. The van der Waals surface area contributed by atoms with Crippen LogP contribution in [0.1, 0.15) is 5.56 Å². The molecule has 0 aliphatic carbocycles. The molecule has 2 aromatic carbocycles. The van der Waals surface area contributed by atoms with E-state index in [0.717, 1.165) is 17.0 Å². The second-order valence-electron chi connectivity index (χ2n) is 3.80. The first-order valence-electron chi connectivity index (χ1n) is 5.80. The van der Waals surface area contributed by atoms with Gasteiger partial charge in [0.15, 0.2) is 0 Å². The van der Waals surface area contributed by atoms with Crippen molar-refractivity contribution < 1.29 is 9.53 Å². The van der Waals surface area contributed by atoms with Gasteiger partial charge in [-0.1, -0.05) is 24.1 Å². The number of benzene rings is 2. The molecule has 94 valence electrons. The normalized spacial score (nSPS) is 9.11. The number of anilines is 1. The fourth-order valence-electron chi connectivity index (χ4n) is 1.49. The maximum atomic E-state index is 11.6. The van der Waals surface area contributed by atoms with Crippen molar-refractivity contribution in [1.29, 1.82) is 0 Å². The Kier molecular flexibility index (Phi) is 4.20. The number of methoxy groups -OCH3 is 1. The van der Waals surface area contributed by atoms with Crippen LogP contribution >= 0.6 is 0 Å². The Bertz CT molecular complexity index is 607. The standard InChI is InChI=1S/C16H13NO2/c1-19-15-10-7-13(8-11-15)9-12-16(18)17-14-5-3-2-4-6-14/h2-8,10-11H,1H3,(H,17,18). The second-order valence-corrected chi connectivity index (χ2v) is 3.80. The highest BCUT2D eigenvalue weighted by atomic mass is 16.5. The fourth-order valence-corrected chi connectivity index (χ4v) is 1.49. The summed E-state index contributed by atoms with van der Waals surface area (Å²) in [6, 6.07) is 16.4. The summed E-state index contributed by atoms with van der Waals surface area (Å²) in [6.07, 6.45) is 0. The van der Waals surface area contributed by atoms with E-state index in [1.165, 1.54) is 0 Å². The molecule has 0 radical (unpaired) electrons. The van der Waals surface area contributed by atoms with Gasteiger partial charge in [0, 0.05) is 17.2 Å². The second kappa shape index (κ2) is 6.27. The highest BCUT2D eigenvalue weighted by Gasteiger charge is 1.96. The molecule has 0 saturated heterocycles. The summed E-state index contributed by atoms with van der Waals surface area (Å²) in [5.41, 5.74) is 1.50. The topological polar surface area (TPSA) is 38.3 Å². The number of hydrogen-bond donors (Lipinski definition) is 1. The summed E-state index contributed by atoms with van der Waals surface area (Å²) >= 11 is 0. The van der Waals surface area contributed by atoms with Crippen molar-refractivity contribution >= 4 is 11.6 Å². The third-order valence-electron chi connectivity index (χ3n) is 2.44. The first-order chi connectivity index (χ1) is 9.28. The minimum Gasteiger partial charge on any atom is -0.497 e. The maximum Gasteiger partial charge on any atom is 0.300 e. The summed E-state index contributed by atoms with van der Waals surface area (Å²) in [6.45, 7) is 0. The smallest absolute Gasteiger partial charge is 0.300 e. The molecule has 2 aromatic rings.